The van der Waals surface area contributed by atoms with Gasteiger partial charge in [0.25, 0.3) is 5.89 Å². The van der Waals surface area contributed by atoms with Gasteiger partial charge in [0.1, 0.15) is 5.82 Å². The van der Waals surface area contributed by atoms with Crippen molar-refractivity contribution in [1.82, 2.24) is 25.1 Å². The van der Waals surface area contributed by atoms with Crippen molar-refractivity contribution < 1.29 is 9.26 Å². The van der Waals surface area contributed by atoms with Gasteiger partial charge >= 0.3 is 0 Å². The summed E-state index contributed by atoms with van der Waals surface area (Å²) < 4.78 is 11.6. The second-order valence-electron chi connectivity index (χ2n) is 7.13. The third kappa shape index (κ3) is 2.45. The Morgan fingerprint density at radius 1 is 1.32 bits per heavy atom. The normalized spacial score (nSPS) is 22.4. The fraction of sp³-hybridized carbons (Fsp3) is 0.556. The second-order valence-corrected chi connectivity index (χ2v) is 7.13. The lowest BCUT2D eigenvalue weighted by Crippen LogP contribution is -2.45. The Hall–Kier alpha value is -2.28. The molecule has 25 heavy (non-hydrogen) atoms. The van der Waals surface area contributed by atoms with Gasteiger partial charge in [0.2, 0.25) is 0 Å². The summed E-state index contributed by atoms with van der Waals surface area (Å²) in [6, 6.07) is 1.90. The number of pyridine rings is 1. The number of fused-ring (bicyclic) bond motifs is 1. The molecule has 1 aliphatic carbocycles. The minimum absolute atomic E-state index is 0.0764. The summed E-state index contributed by atoms with van der Waals surface area (Å²) in [6.07, 6.45) is 8.10. The Morgan fingerprint density at radius 3 is 3.04 bits per heavy atom. The Morgan fingerprint density at radius 2 is 2.24 bits per heavy atom. The molecule has 1 saturated carbocycles. The number of aromatic amines is 1. The van der Waals surface area contributed by atoms with E-state index < -0.39 is 0 Å². The van der Waals surface area contributed by atoms with Crippen LogP contribution in [0.4, 0.5) is 0 Å². The SMILES string of the molecule is CCc1nc2nccc(-c3nc(C4CCOC5(CCC5)C4)no3)c2[nH]1. The van der Waals surface area contributed by atoms with E-state index in [0.717, 1.165) is 61.4 Å². The lowest BCUT2D eigenvalue weighted by molar-refractivity contribution is -0.134. The van der Waals surface area contributed by atoms with E-state index in [0.29, 0.717) is 17.5 Å². The van der Waals surface area contributed by atoms with Crippen LogP contribution >= 0.6 is 0 Å². The van der Waals surface area contributed by atoms with E-state index in [1.807, 2.05) is 6.07 Å². The Balaban J connectivity index is 1.47. The van der Waals surface area contributed by atoms with Crippen molar-refractivity contribution in [3.05, 3.63) is 23.9 Å². The highest BCUT2D eigenvalue weighted by Crippen LogP contribution is 2.46. The number of nitrogens with zero attached hydrogens (tertiary/aromatic N) is 4. The molecule has 1 unspecified atom stereocenters. The zero-order valence-corrected chi connectivity index (χ0v) is 14.3. The maximum Gasteiger partial charge on any atom is 0.260 e. The fourth-order valence-electron chi connectivity index (χ4n) is 3.98. The van der Waals surface area contributed by atoms with Gasteiger partial charge in [0.05, 0.1) is 16.7 Å². The van der Waals surface area contributed by atoms with Gasteiger partial charge in [0.15, 0.2) is 11.5 Å². The van der Waals surface area contributed by atoms with Gasteiger partial charge in [-0.15, -0.1) is 0 Å². The maximum absolute atomic E-state index is 6.01. The van der Waals surface area contributed by atoms with Gasteiger partial charge < -0.3 is 14.2 Å². The highest BCUT2D eigenvalue weighted by Gasteiger charge is 2.44. The number of rotatable bonds is 3. The molecule has 0 bridgehead atoms. The quantitative estimate of drug-likeness (QED) is 0.787. The van der Waals surface area contributed by atoms with E-state index in [1.165, 1.54) is 6.42 Å². The van der Waals surface area contributed by atoms with Crippen LogP contribution in [0.25, 0.3) is 22.6 Å². The molecule has 0 amide bonds. The number of aromatic nitrogens is 5. The van der Waals surface area contributed by atoms with Gasteiger partial charge in [-0.3, -0.25) is 0 Å². The van der Waals surface area contributed by atoms with Crippen LogP contribution in [0.2, 0.25) is 0 Å². The molecule has 3 aromatic heterocycles. The first-order valence-electron chi connectivity index (χ1n) is 9.08. The smallest absolute Gasteiger partial charge is 0.260 e. The van der Waals surface area contributed by atoms with E-state index in [4.69, 9.17) is 14.2 Å². The molecule has 7 heteroatoms. The molecule has 2 fully saturated rings. The molecule has 4 heterocycles. The maximum atomic E-state index is 6.01. The third-order valence-corrected chi connectivity index (χ3v) is 5.57. The van der Waals surface area contributed by atoms with Crippen molar-refractivity contribution in [1.29, 1.82) is 0 Å². The summed E-state index contributed by atoms with van der Waals surface area (Å²) in [4.78, 5) is 16.8. The van der Waals surface area contributed by atoms with Crippen LogP contribution in [-0.2, 0) is 11.2 Å². The number of hydrogen-bond donors (Lipinski definition) is 1. The zero-order valence-electron chi connectivity index (χ0n) is 14.3. The molecule has 5 rings (SSSR count). The Bertz CT molecular complexity index is 911. The number of H-pyrrole nitrogens is 1. The molecule has 1 spiro atoms. The summed E-state index contributed by atoms with van der Waals surface area (Å²) in [7, 11) is 0. The number of aryl methyl sites for hydroxylation is 1. The molecule has 2 aliphatic rings. The van der Waals surface area contributed by atoms with E-state index in [-0.39, 0.29) is 5.60 Å². The van der Waals surface area contributed by atoms with Crippen molar-refractivity contribution in [2.75, 3.05) is 6.61 Å². The third-order valence-electron chi connectivity index (χ3n) is 5.57. The fourth-order valence-corrected chi connectivity index (χ4v) is 3.98. The van der Waals surface area contributed by atoms with Gasteiger partial charge in [-0.05, 0) is 38.2 Å². The zero-order chi connectivity index (χ0) is 16.9. The average Bonchev–Trinajstić information content (AvgIpc) is 3.27. The van der Waals surface area contributed by atoms with Crippen molar-refractivity contribution >= 4 is 11.2 Å². The first-order chi connectivity index (χ1) is 12.3. The predicted molar refractivity (Wildman–Crippen MR) is 91.1 cm³/mol. The van der Waals surface area contributed by atoms with Gasteiger partial charge in [-0.25, -0.2) is 9.97 Å². The van der Waals surface area contributed by atoms with E-state index in [2.05, 4.69) is 27.0 Å². The van der Waals surface area contributed by atoms with Crippen LogP contribution < -0.4 is 0 Å². The predicted octanol–water partition coefficient (Wildman–Crippen LogP) is 3.39. The molecule has 7 nitrogen and oxygen atoms in total. The van der Waals surface area contributed by atoms with Crippen molar-refractivity contribution in [2.45, 2.75) is 57.0 Å². The Labute approximate surface area is 145 Å². The van der Waals surface area contributed by atoms with E-state index in [1.54, 1.807) is 6.20 Å². The summed E-state index contributed by atoms with van der Waals surface area (Å²) in [6.45, 7) is 2.85. The van der Waals surface area contributed by atoms with Gasteiger partial charge in [-0.2, -0.15) is 4.98 Å². The Kier molecular flexibility index (Phi) is 3.38. The molecule has 1 atom stereocenters. The number of nitrogens with one attached hydrogen (secondary N) is 1. The summed E-state index contributed by atoms with van der Waals surface area (Å²) in [5.41, 5.74) is 2.49. The van der Waals surface area contributed by atoms with Crippen LogP contribution in [0.15, 0.2) is 16.8 Å². The number of hydrogen-bond acceptors (Lipinski definition) is 6. The molecule has 130 valence electrons. The second kappa shape index (κ2) is 5.62. The van der Waals surface area contributed by atoms with Crippen LogP contribution in [-0.4, -0.2) is 37.3 Å². The number of ether oxygens (including phenoxy) is 1. The van der Waals surface area contributed by atoms with Crippen molar-refractivity contribution in [2.24, 2.45) is 0 Å². The highest BCUT2D eigenvalue weighted by atomic mass is 16.5. The first-order valence-corrected chi connectivity index (χ1v) is 9.08. The van der Waals surface area contributed by atoms with Crippen molar-refractivity contribution in [3.63, 3.8) is 0 Å². The lowest BCUT2D eigenvalue weighted by Gasteiger charge is -2.46. The minimum Gasteiger partial charge on any atom is -0.375 e. The molecule has 1 saturated heterocycles. The molecular formula is C18H21N5O2. The van der Waals surface area contributed by atoms with E-state index in [9.17, 15) is 0 Å². The highest BCUT2D eigenvalue weighted by molar-refractivity contribution is 5.86. The number of imidazole rings is 1. The summed E-state index contributed by atoms with van der Waals surface area (Å²) in [5.74, 6) is 2.55. The molecular weight excluding hydrogens is 318 g/mol. The van der Waals surface area contributed by atoms with Crippen LogP contribution in [0, 0.1) is 0 Å². The van der Waals surface area contributed by atoms with Crippen LogP contribution in [0.1, 0.15) is 56.6 Å². The standard InChI is InChI=1S/C18H21N5O2/c1-2-13-20-14-12(4-8-19-16(14)21-13)17-22-15(23-25-17)11-5-9-24-18(10-11)6-3-7-18/h4,8,11H,2-3,5-7,9-10H2,1H3,(H,19,20,21). The molecule has 1 aliphatic heterocycles. The van der Waals surface area contributed by atoms with Crippen LogP contribution in [0.3, 0.4) is 0 Å². The topological polar surface area (TPSA) is 89.7 Å². The lowest BCUT2D eigenvalue weighted by atomic mass is 9.72. The van der Waals surface area contributed by atoms with Gasteiger partial charge in [-0.1, -0.05) is 12.1 Å². The van der Waals surface area contributed by atoms with Crippen LogP contribution in [0.5, 0.6) is 0 Å². The average molecular weight is 339 g/mol. The van der Waals surface area contributed by atoms with Gasteiger partial charge in [0, 0.05) is 25.1 Å². The molecule has 3 aromatic rings. The van der Waals surface area contributed by atoms with E-state index >= 15 is 0 Å². The minimum atomic E-state index is 0.0764. The largest absolute Gasteiger partial charge is 0.375 e. The monoisotopic (exact) mass is 339 g/mol. The first kappa shape index (κ1) is 15.0. The summed E-state index contributed by atoms with van der Waals surface area (Å²) in [5, 5.41) is 4.28. The van der Waals surface area contributed by atoms with Crippen molar-refractivity contribution in [3.8, 4) is 11.5 Å². The molecule has 1 N–H and O–H groups in total. The molecule has 0 aromatic carbocycles. The molecule has 0 radical (unpaired) electrons. The summed E-state index contributed by atoms with van der Waals surface area (Å²) >= 11 is 0.